The van der Waals surface area contributed by atoms with Crippen molar-refractivity contribution in [3.8, 4) is 0 Å². The van der Waals surface area contributed by atoms with Crippen LogP contribution in [0.15, 0.2) is 4.52 Å². The van der Waals surface area contributed by atoms with Crippen LogP contribution >= 0.6 is 0 Å². The van der Waals surface area contributed by atoms with E-state index in [1.54, 1.807) is 0 Å². The van der Waals surface area contributed by atoms with Crippen LogP contribution in [0.4, 0.5) is 0 Å². The van der Waals surface area contributed by atoms with Gasteiger partial charge >= 0.3 is 0 Å². The highest BCUT2D eigenvalue weighted by Crippen LogP contribution is 2.09. The molecule has 1 rings (SSSR count). The number of aromatic nitrogens is 2. The summed E-state index contributed by atoms with van der Waals surface area (Å²) in [5.74, 6) is 1.46. The summed E-state index contributed by atoms with van der Waals surface area (Å²) in [6.07, 6.45) is 2.43. The molecule has 1 aromatic heterocycles. The molecule has 0 bridgehead atoms. The predicted octanol–water partition coefficient (Wildman–Crippen LogP) is 1.30. The molecule has 0 aromatic carbocycles. The van der Waals surface area contributed by atoms with Crippen LogP contribution in [0, 0.1) is 0 Å². The van der Waals surface area contributed by atoms with E-state index in [1.165, 1.54) is 0 Å². The minimum Gasteiger partial charge on any atom is -0.339 e. The summed E-state index contributed by atoms with van der Waals surface area (Å²) in [5, 5.41) is 3.81. The average molecular weight is 183 g/mol. The van der Waals surface area contributed by atoms with Gasteiger partial charge in [0.15, 0.2) is 5.82 Å². The second-order valence-corrected chi connectivity index (χ2v) is 3.95. The zero-order valence-corrected chi connectivity index (χ0v) is 8.50. The van der Waals surface area contributed by atoms with Crippen molar-refractivity contribution in [2.45, 2.75) is 45.6 Å². The van der Waals surface area contributed by atoms with Crippen molar-refractivity contribution in [2.75, 3.05) is 0 Å². The maximum atomic E-state index is 5.83. The molecule has 13 heavy (non-hydrogen) atoms. The summed E-state index contributed by atoms with van der Waals surface area (Å²) in [6.45, 7) is 5.98. The topological polar surface area (TPSA) is 64.9 Å². The normalized spacial score (nSPS) is 12.0. The van der Waals surface area contributed by atoms with E-state index < -0.39 is 0 Å². The van der Waals surface area contributed by atoms with Gasteiger partial charge in [-0.1, -0.05) is 12.1 Å². The number of rotatable bonds is 4. The third-order valence-electron chi connectivity index (χ3n) is 1.81. The molecule has 0 radical (unpaired) electrons. The first-order valence-corrected chi connectivity index (χ1v) is 4.61. The van der Waals surface area contributed by atoms with E-state index in [-0.39, 0.29) is 5.54 Å². The summed E-state index contributed by atoms with van der Waals surface area (Å²) >= 11 is 0. The lowest BCUT2D eigenvalue weighted by Crippen LogP contribution is -2.32. The van der Waals surface area contributed by atoms with Crippen LogP contribution < -0.4 is 5.73 Å². The van der Waals surface area contributed by atoms with Crippen molar-refractivity contribution >= 4 is 0 Å². The van der Waals surface area contributed by atoms with Crippen LogP contribution in [0.25, 0.3) is 0 Å². The van der Waals surface area contributed by atoms with Crippen LogP contribution in [0.2, 0.25) is 0 Å². The maximum Gasteiger partial charge on any atom is 0.226 e. The van der Waals surface area contributed by atoms with E-state index in [0.29, 0.717) is 5.89 Å². The minimum atomic E-state index is -0.166. The van der Waals surface area contributed by atoms with E-state index >= 15 is 0 Å². The number of hydrogen-bond acceptors (Lipinski definition) is 4. The Morgan fingerprint density at radius 2 is 2.15 bits per heavy atom. The third-order valence-corrected chi connectivity index (χ3v) is 1.81. The fourth-order valence-corrected chi connectivity index (χ4v) is 0.964. The molecule has 2 N–H and O–H groups in total. The van der Waals surface area contributed by atoms with E-state index in [4.69, 9.17) is 10.3 Å². The predicted molar refractivity (Wildman–Crippen MR) is 50.3 cm³/mol. The summed E-state index contributed by atoms with van der Waals surface area (Å²) in [5.41, 5.74) is 5.67. The lowest BCUT2D eigenvalue weighted by Gasteiger charge is -2.16. The molecule has 1 heterocycles. The first-order valence-electron chi connectivity index (χ1n) is 4.61. The number of hydrogen-bond donors (Lipinski definition) is 1. The number of aryl methyl sites for hydroxylation is 2. The Morgan fingerprint density at radius 3 is 2.62 bits per heavy atom. The van der Waals surface area contributed by atoms with Crippen molar-refractivity contribution in [2.24, 2.45) is 5.73 Å². The highest BCUT2D eigenvalue weighted by molar-refractivity contribution is 4.87. The van der Waals surface area contributed by atoms with Crippen LogP contribution in [-0.4, -0.2) is 15.7 Å². The second-order valence-electron chi connectivity index (χ2n) is 3.95. The third kappa shape index (κ3) is 3.55. The molecule has 0 aliphatic carbocycles. The van der Waals surface area contributed by atoms with Gasteiger partial charge in [-0.25, -0.2) is 0 Å². The van der Waals surface area contributed by atoms with Crippen molar-refractivity contribution in [3.63, 3.8) is 0 Å². The Balaban J connectivity index is 2.46. The molecule has 4 nitrogen and oxygen atoms in total. The SMILES string of the molecule is CCc1noc(CCC(C)(C)N)n1. The number of nitrogens with two attached hydrogens (primary N) is 1. The zero-order valence-electron chi connectivity index (χ0n) is 8.50. The second kappa shape index (κ2) is 3.87. The fourth-order valence-electron chi connectivity index (χ4n) is 0.964. The van der Waals surface area contributed by atoms with E-state index in [0.717, 1.165) is 25.1 Å². The van der Waals surface area contributed by atoms with Crippen molar-refractivity contribution in [1.29, 1.82) is 0 Å². The van der Waals surface area contributed by atoms with E-state index in [2.05, 4.69) is 10.1 Å². The van der Waals surface area contributed by atoms with Crippen LogP contribution in [-0.2, 0) is 12.8 Å². The molecule has 74 valence electrons. The van der Waals surface area contributed by atoms with Crippen molar-refractivity contribution in [3.05, 3.63) is 11.7 Å². The first-order chi connectivity index (χ1) is 6.01. The average Bonchev–Trinajstić information content (AvgIpc) is 2.47. The standard InChI is InChI=1S/C9H17N3O/c1-4-7-11-8(13-12-7)5-6-9(2,3)10/h4-6,10H2,1-3H3. The van der Waals surface area contributed by atoms with Gasteiger partial charge in [-0.2, -0.15) is 4.98 Å². The molecule has 0 aliphatic heterocycles. The molecule has 4 heteroatoms. The van der Waals surface area contributed by atoms with Crippen molar-refractivity contribution < 1.29 is 4.52 Å². The molecule has 0 amide bonds. The van der Waals surface area contributed by atoms with E-state index in [9.17, 15) is 0 Å². The molecule has 1 aromatic rings. The van der Waals surface area contributed by atoms with Crippen LogP contribution in [0.5, 0.6) is 0 Å². The Morgan fingerprint density at radius 1 is 1.46 bits per heavy atom. The Labute approximate surface area is 78.5 Å². The first kappa shape index (κ1) is 10.2. The Bertz CT molecular complexity index is 262. The van der Waals surface area contributed by atoms with E-state index in [1.807, 2.05) is 20.8 Å². The largest absolute Gasteiger partial charge is 0.339 e. The van der Waals surface area contributed by atoms with Crippen LogP contribution in [0.1, 0.15) is 38.9 Å². The minimum absolute atomic E-state index is 0.166. The molecule has 0 aliphatic rings. The van der Waals surface area contributed by atoms with Gasteiger partial charge in [0.1, 0.15) is 0 Å². The molecule has 0 atom stereocenters. The number of nitrogens with zero attached hydrogens (tertiary/aromatic N) is 2. The summed E-state index contributed by atoms with van der Waals surface area (Å²) in [4.78, 5) is 4.20. The summed E-state index contributed by atoms with van der Waals surface area (Å²) in [7, 11) is 0. The summed E-state index contributed by atoms with van der Waals surface area (Å²) < 4.78 is 5.03. The van der Waals surface area contributed by atoms with Gasteiger partial charge in [-0.15, -0.1) is 0 Å². The monoisotopic (exact) mass is 183 g/mol. The van der Waals surface area contributed by atoms with Gasteiger partial charge in [0.25, 0.3) is 0 Å². The molecule has 0 saturated heterocycles. The van der Waals surface area contributed by atoms with Gasteiger partial charge in [0.05, 0.1) is 0 Å². The molecule has 0 spiro atoms. The highest BCUT2D eigenvalue weighted by atomic mass is 16.5. The lowest BCUT2D eigenvalue weighted by atomic mass is 10.0. The van der Waals surface area contributed by atoms with Gasteiger partial charge in [0, 0.05) is 18.4 Å². The van der Waals surface area contributed by atoms with Gasteiger partial charge in [-0.05, 0) is 20.3 Å². The molecular weight excluding hydrogens is 166 g/mol. The Hall–Kier alpha value is -0.900. The Kier molecular flexibility index (Phi) is 3.03. The molecule has 0 saturated carbocycles. The summed E-state index contributed by atoms with van der Waals surface area (Å²) in [6, 6.07) is 0. The zero-order chi connectivity index (χ0) is 9.90. The van der Waals surface area contributed by atoms with Crippen LogP contribution in [0.3, 0.4) is 0 Å². The molecule has 0 unspecified atom stereocenters. The maximum absolute atomic E-state index is 5.83. The van der Waals surface area contributed by atoms with Gasteiger partial charge < -0.3 is 10.3 Å². The van der Waals surface area contributed by atoms with Gasteiger partial charge in [-0.3, -0.25) is 0 Å². The molecule has 0 fully saturated rings. The highest BCUT2D eigenvalue weighted by Gasteiger charge is 2.13. The van der Waals surface area contributed by atoms with Gasteiger partial charge in [0.2, 0.25) is 5.89 Å². The smallest absolute Gasteiger partial charge is 0.226 e. The quantitative estimate of drug-likeness (QED) is 0.764. The van der Waals surface area contributed by atoms with Crippen molar-refractivity contribution in [1.82, 2.24) is 10.1 Å². The fraction of sp³-hybridized carbons (Fsp3) is 0.778. The lowest BCUT2D eigenvalue weighted by molar-refractivity contribution is 0.354. The molecular formula is C9H17N3O.